The third-order valence-corrected chi connectivity index (χ3v) is 6.47. The number of amidine groups is 1. The van der Waals surface area contributed by atoms with E-state index < -0.39 is 0 Å². The Hall–Kier alpha value is -1.47. The normalized spacial score (nSPS) is 17.4. The van der Waals surface area contributed by atoms with Crippen LogP contribution in [0.5, 0.6) is 0 Å². The van der Waals surface area contributed by atoms with Gasteiger partial charge in [-0.25, -0.2) is 0 Å². The maximum atomic E-state index is 12.8. The van der Waals surface area contributed by atoms with Crippen molar-refractivity contribution in [3.63, 3.8) is 0 Å². The van der Waals surface area contributed by atoms with Crippen LogP contribution in [0, 0.1) is 0 Å². The molecule has 0 atom stereocenters. The van der Waals surface area contributed by atoms with Crippen molar-refractivity contribution in [3.8, 4) is 0 Å². The Morgan fingerprint density at radius 1 is 1.32 bits per heavy atom. The molecule has 0 unspecified atom stereocenters. The minimum Gasteiger partial charge on any atom is -0.335 e. The molecule has 8 heteroatoms. The molecular formula is C20H22Cl2N4OS. The third kappa shape index (κ3) is 4.10. The first-order chi connectivity index (χ1) is 13.5. The van der Waals surface area contributed by atoms with Crippen LogP contribution < -0.4 is 10.6 Å². The van der Waals surface area contributed by atoms with Crippen LogP contribution in [0.1, 0.15) is 24.6 Å². The number of hydrogen-bond donors (Lipinski definition) is 2. The Labute approximate surface area is 178 Å². The van der Waals surface area contributed by atoms with Crippen molar-refractivity contribution >= 4 is 56.9 Å². The fraction of sp³-hybridized carbons (Fsp3) is 0.400. The molecule has 148 valence electrons. The lowest BCUT2D eigenvalue weighted by Crippen LogP contribution is -2.33. The molecule has 0 saturated carbocycles. The molecule has 28 heavy (non-hydrogen) atoms. The Morgan fingerprint density at radius 2 is 2.18 bits per heavy atom. The highest BCUT2D eigenvalue weighted by molar-refractivity contribution is 8.17. The molecule has 2 N–H and O–H groups in total. The van der Waals surface area contributed by atoms with Gasteiger partial charge in [-0.3, -0.25) is 9.79 Å². The Kier molecular flexibility index (Phi) is 6.01. The third-order valence-electron chi connectivity index (χ3n) is 5.04. The van der Waals surface area contributed by atoms with Gasteiger partial charge in [0.15, 0.2) is 5.17 Å². The highest BCUT2D eigenvalue weighted by Crippen LogP contribution is 2.36. The standard InChI is InChI=1S/C20H22Cl2N4OS/c1-12-4-8-24-20(28-12)25-18(27)11-26-16-3-2-6-23-7-5-14(16)19-15(22)9-13(21)10-17(19)26/h4,9-10,23H,2-3,5-8,11H2,1H3,(H,24,25,27). The number of fused-ring (bicyclic) bond motifs is 3. The van der Waals surface area contributed by atoms with Crippen LogP contribution in [0.25, 0.3) is 10.9 Å². The monoisotopic (exact) mass is 436 g/mol. The fourth-order valence-corrected chi connectivity index (χ4v) is 5.19. The maximum Gasteiger partial charge on any atom is 0.245 e. The van der Waals surface area contributed by atoms with Crippen LogP contribution in [-0.4, -0.2) is 35.3 Å². The van der Waals surface area contributed by atoms with Gasteiger partial charge in [0.1, 0.15) is 6.54 Å². The summed E-state index contributed by atoms with van der Waals surface area (Å²) in [5, 5.41) is 9.30. The molecule has 1 aromatic heterocycles. The Bertz CT molecular complexity index is 996. The molecule has 0 fully saturated rings. The molecule has 0 radical (unpaired) electrons. The van der Waals surface area contributed by atoms with E-state index in [1.807, 2.05) is 19.1 Å². The van der Waals surface area contributed by atoms with Gasteiger partial charge >= 0.3 is 0 Å². The number of amides is 1. The summed E-state index contributed by atoms with van der Waals surface area (Å²) in [6.45, 7) is 4.72. The number of hydrogen-bond acceptors (Lipinski definition) is 4. The SMILES string of the molecule is CC1=CCN=C(NC(=O)Cn2c3c(c4c(Cl)cc(Cl)cc42)CCNCCC3)S1. The number of aromatic nitrogens is 1. The van der Waals surface area contributed by atoms with Crippen molar-refractivity contribution in [2.24, 2.45) is 4.99 Å². The van der Waals surface area contributed by atoms with Crippen LogP contribution in [0.15, 0.2) is 28.1 Å². The summed E-state index contributed by atoms with van der Waals surface area (Å²) in [5.41, 5.74) is 3.33. The maximum absolute atomic E-state index is 12.8. The van der Waals surface area contributed by atoms with E-state index in [0.29, 0.717) is 21.8 Å². The number of allylic oxidation sites excluding steroid dienone is 1. The zero-order valence-corrected chi connectivity index (χ0v) is 18.0. The van der Waals surface area contributed by atoms with Crippen molar-refractivity contribution in [3.05, 3.63) is 44.4 Å². The second kappa shape index (κ2) is 8.49. The van der Waals surface area contributed by atoms with Gasteiger partial charge < -0.3 is 15.2 Å². The van der Waals surface area contributed by atoms with E-state index in [9.17, 15) is 4.79 Å². The smallest absolute Gasteiger partial charge is 0.245 e. The number of nitrogens with zero attached hydrogens (tertiary/aromatic N) is 2. The second-order valence-corrected chi connectivity index (χ2v) is 9.09. The highest BCUT2D eigenvalue weighted by Gasteiger charge is 2.22. The summed E-state index contributed by atoms with van der Waals surface area (Å²) in [6.07, 6.45) is 4.84. The van der Waals surface area contributed by atoms with Gasteiger partial charge in [0.25, 0.3) is 0 Å². The van der Waals surface area contributed by atoms with Gasteiger partial charge in [0.2, 0.25) is 5.91 Å². The molecule has 0 saturated heterocycles. The van der Waals surface area contributed by atoms with Crippen molar-refractivity contribution in [1.82, 2.24) is 15.2 Å². The number of benzene rings is 1. The molecule has 1 amide bonds. The summed E-state index contributed by atoms with van der Waals surface area (Å²) < 4.78 is 2.08. The molecule has 0 aliphatic carbocycles. The number of carbonyl (C=O) groups is 1. The van der Waals surface area contributed by atoms with Gasteiger partial charge in [-0.2, -0.15) is 0 Å². The van der Waals surface area contributed by atoms with Crippen LogP contribution in [0.4, 0.5) is 0 Å². The largest absolute Gasteiger partial charge is 0.335 e. The minimum atomic E-state index is -0.0862. The van der Waals surface area contributed by atoms with Crippen molar-refractivity contribution in [2.45, 2.75) is 32.7 Å². The molecular weight excluding hydrogens is 415 g/mol. The first-order valence-electron chi connectivity index (χ1n) is 9.41. The van der Waals surface area contributed by atoms with Crippen molar-refractivity contribution in [1.29, 1.82) is 0 Å². The van der Waals surface area contributed by atoms with Gasteiger partial charge in [-0.15, -0.1) is 0 Å². The molecule has 0 bridgehead atoms. The minimum absolute atomic E-state index is 0.0862. The van der Waals surface area contributed by atoms with Gasteiger partial charge in [-0.05, 0) is 61.9 Å². The van der Waals surface area contributed by atoms with Crippen LogP contribution in [-0.2, 0) is 24.2 Å². The van der Waals surface area contributed by atoms with Crippen LogP contribution >= 0.6 is 35.0 Å². The molecule has 2 aliphatic rings. The van der Waals surface area contributed by atoms with Gasteiger partial charge in [0, 0.05) is 16.1 Å². The molecule has 5 nitrogen and oxygen atoms in total. The fourth-order valence-electron chi connectivity index (χ4n) is 3.83. The molecule has 0 spiro atoms. The van der Waals surface area contributed by atoms with Gasteiger partial charge in [0.05, 0.1) is 17.1 Å². The summed E-state index contributed by atoms with van der Waals surface area (Å²) in [5.74, 6) is -0.0862. The van der Waals surface area contributed by atoms with Crippen LogP contribution in [0.3, 0.4) is 0 Å². The zero-order valence-electron chi connectivity index (χ0n) is 15.6. The molecule has 3 heterocycles. The summed E-state index contributed by atoms with van der Waals surface area (Å²) >= 11 is 14.4. The number of thioether (sulfide) groups is 1. The van der Waals surface area contributed by atoms with E-state index >= 15 is 0 Å². The lowest BCUT2D eigenvalue weighted by atomic mass is 10.0. The van der Waals surface area contributed by atoms with Crippen molar-refractivity contribution in [2.75, 3.05) is 19.6 Å². The van der Waals surface area contributed by atoms with E-state index in [-0.39, 0.29) is 12.5 Å². The first kappa shape index (κ1) is 19.8. The summed E-state index contributed by atoms with van der Waals surface area (Å²) in [6, 6.07) is 3.69. The van der Waals surface area contributed by atoms with E-state index in [2.05, 4.69) is 20.2 Å². The van der Waals surface area contributed by atoms with Crippen molar-refractivity contribution < 1.29 is 4.79 Å². The van der Waals surface area contributed by atoms with E-state index in [4.69, 9.17) is 23.2 Å². The highest BCUT2D eigenvalue weighted by atomic mass is 35.5. The lowest BCUT2D eigenvalue weighted by molar-refractivity contribution is -0.120. The Morgan fingerprint density at radius 3 is 3.00 bits per heavy atom. The van der Waals surface area contributed by atoms with E-state index in [1.54, 1.807) is 6.07 Å². The molecule has 1 aromatic carbocycles. The molecule has 2 aromatic rings. The zero-order chi connectivity index (χ0) is 19.7. The van der Waals surface area contributed by atoms with Crippen LogP contribution in [0.2, 0.25) is 10.0 Å². The second-order valence-electron chi connectivity index (χ2n) is 7.01. The van der Waals surface area contributed by atoms with E-state index in [0.717, 1.165) is 48.2 Å². The number of aliphatic imine (C=N–C) groups is 1. The predicted octanol–water partition coefficient (Wildman–Crippen LogP) is 4.15. The molecule has 2 aliphatic heterocycles. The topological polar surface area (TPSA) is 58.4 Å². The van der Waals surface area contributed by atoms with Gasteiger partial charge in [-0.1, -0.05) is 41.0 Å². The molecule has 4 rings (SSSR count). The number of rotatable bonds is 2. The summed E-state index contributed by atoms with van der Waals surface area (Å²) in [7, 11) is 0. The lowest BCUT2D eigenvalue weighted by Gasteiger charge is -2.16. The average Bonchev–Trinajstić information content (AvgIpc) is 2.87. The first-order valence-corrected chi connectivity index (χ1v) is 11.0. The predicted molar refractivity (Wildman–Crippen MR) is 119 cm³/mol. The number of nitrogens with one attached hydrogen (secondary N) is 2. The number of halogens is 2. The number of carbonyl (C=O) groups excluding carboxylic acids is 1. The average molecular weight is 437 g/mol. The van der Waals surface area contributed by atoms with E-state index in [1.165, 1.54) is 23.0 Å². The quantitative estimate of drug-likeness (QED) is 0.742. The summed E-state index contributed by atoms with van der Waals surface area (Å²) in [4.78, 5) is 18.3. The Balaban J connectivity index is 1.70.